The highest BCUT2D eigenvalue weighted by molar-refractivity contribution is 5.96. The Labute approximate surface area is 333 Å². The number of ether oxygens (including phenoxy) is 2. The molecule has 3 N–H and O–H groups in total. The molecule has 0 aliphatic carbocycles. The van der Waals surface area contributed by atoms with Crippen LogP contribution in [0.15, 0.2) is 60.7 Å². The third-order valence-electron chi connectivity index (χ3n) is 9.21. The molecule has 2 aromatic rings. The second kappa shape index (κ2) is 22.0. The Balaban J connectivity index is 2.43. The average Bonchev–Trinajstić information content (AvgIpc) is 3.12. The zero-order valence-corrected chi connectivity index (χ0v) is 35.4. The summed E-state index contributed by atoms with van der Waals surface area (Å²) in [6, 6.07) is 13.3. The number of alkyl carbamates (subject to hydrolysis) is 1. The Morgan fingerprint density at radius 1 is 0.625 bits per heavy atom. The van der Waals surface area contributed by atoms with E-state index in [1.165, 1.54) is 31.0 Å². The lowest BCUT2D eigenvalue weighted by atomic mass is 9.96. The Hall–Kier alpha value is -4.94. The first kappa shape index (κ1) is 47.2. The van der Waals surface area contributed by atoms with Gasteiger partial charge in [-0.2, -0.15) is 0 Å². The maximum absolute atomic E-state index is 14.4. The standard InChI is InChI=1S/C43H65N5O8/c1-27(2)23-32(45-42(54)56-43(7,8)9)39(51)47(10)34(24-28(3)4)38(50)46-36(29(5)6)40(52)48(11)35(26-31-21-17-14-18-22-31)37(49)44-33(41(53)55-12)25-30-19-15-13-16-20-30/h13-22,27-29,32-36H,23-26H2,1-12H3,(H,44,49)(H,45,54)(H,46,50)/t32-,33-,34-,35+,36-/m0/s1. The van der Waals surface area contributed by atoms with Gasteiger partial charge in [0.05, 0.1) is 7.11 Å². The summed E-state index contributed by atoms with van der Waals surface area (Å²) in [5.41, 5.74) is 0.813. The average molecular weight is 780 g/mol. The SMILES string of the molecule is COC(=O)[C@H](Cc1ccccc1)NC(=O)[C@@H](Cc1ccccc1)N(C)C(=O)[C@@H](NC(=O)[C@H](CC(C)C)N(C)C(=O)[C@H](CC(C)C)NC(=O)OC(C)(C)C)C(C)C. The monoisotopic (exact) mass is 779 g/mol. The minimum atomic E-state index is -1.08. The molecule has 13 nitrogen and oxygen atoms in total. The smallest absolute Gasteiger partial charge is 0.408 e. The van der Waals surface area contributed by atoms with Crippen molar-refractivity contribution < 1.29 is 38.2 Å². The lowest BCUT2D eigenvalue weighted by Crippen LogP contribution is -2.61. The first-order chi connectivity index (χ1) is 26.1. The van der Waals surface area contributed by atoms with E-state index in [1.54, 1.807) is 34.6 Å². The van der Waals surface area contributed by atoms with Crippen molar-refractivity contribution in [2.75, 3.05) is 21.2 Å². The fourth-order valence-electron chi connectivity index (χ4n) is 6.26. The van der Waals surface area contributed by atoms with Crippen LogP contribution in [0.25, 0.3) is 0 Å². The number of benzene rings is 2. The highest BCUT2D eigenvalue weighted by Crippen LogP contribution is 2.19. The molecule has 13 heteroatoms. The molecule has 310 valence electrons. The third kappa shape index (κ3) is 15.3. The van der Waals surface area contributed by atoms with Gasteiger partial charge >= 0.3 is 12.1 Å². The summed E-state index contributed by atoms with van der Waals surface area (Å²) in [6.07, 6.45) is 0.147. The fourth-order valence-corrected chi connectivity index (χ4v) is 6.26. The zero-order chi connectivity index (χ0) is 42.3. The number of hydrogen-bond acceptors (Lipinski definition) is 8. The van der Waals surface area contributed by atoms with Crippen molar-refractivity contribution in [2.24, 2.45) is 17.8 Å². The van der Waals surface area contributed by atoms with Gasteiger partial charge in [-0.1, -0.05) is 102 Å². The van der Waals surface area contributed by atoms with Crippen LogP contribution in [0.2, 0.25) is 0 Å². The quantitative estimate of drug-likeness (QED) is 0.170. The summed E-state index contributed by atoms with van der Waals surface area (Å²) in [5, 5.41) is 8.42. The number of methoxy groups -OCH3 is 1. The number of rotatable bonds is 19. The molecule has 0 unspecified atom stereocenters. The normalized spacial score (nSPS) is 14.2. The number of amides is 5. The molecule has 5 atom stereocenters. The van der Waals surface area contributed by atoms with Crippen molar-refractivity contribution in [2.45, 2.75) is 124 Å². The second-order valence-corrected chi connectivity index (χ2v) is 16.6. The number of carbonyl (C=O) groups is 6. The van der Waals surface area contributed by atoms with Crippen LogP contribution in [0, 0.1) is 17.8 Å². The summed E-state index contributed by atoms with van der Waals surface area (Å²) in [7, 11) is 4.27. The molecule has 5 amide bonds. The van der Waals surface area contributed by atoms with Crippen molar-refractivity contribution in [1.82, 2.24) is 25.8 Å². The highest BCUT2D eigenvalue weighted by Gasteiger charge is 2.39. The Bertz CT molecular complexity index is 1590. The van der Waals surface area contributed by atoms with Crippen molar-refractivity contribution >= 4 is 35.7 Å². The van der Waals surface area contributed by atoms with Crippen LogP contribution < -0.4 is 16.0 Å². The van der Waals surface area contributed by atoms with E-state index >= 15 is 0 Å². The van der Waals surface area contributed by atoms with Gasteiger partial charge in [0, 0.05) is 26.9 Å². The molecule has 2 aromatic carbocycles. The third-order valence-corrected chi connectivity index (χ3v) is 9.21. The largest absolute Gasteiger partial charge is 0.467 e. The number of hydrogen-bond donors (Lipinski definition) is 3. The number of nitrogens with one attached hydrogen (secondary N) is 3. The minimum Gasteiger partial charge on any atom is -0.467 e. The molecule has 0 radical (unpaired) electrons. The van der Waals surface area contributed by atoms with E-state index in [1.807, 2.05) is 88.4 Å². The van der Waals surface area contributed by atoms with Gasteiger partial charge in [0.15, 0.2) is 0 Å². The van der Waals surface area contributed by atoms with Crippen LogP contribution >= 0.6 is 0 Å². The molecule has 0 aromatic heterocycles. The van der Waals surface area contributed by atoms with E-state index in [2.05, 4.69) is 16.0 Å². The number of carbonyl (C=O) groups excluding carboxylic acids is 6. The molecule has 56 heavy (non-hydrogen) atoms. The summed E-state index contributed by atoms with van der Waals surface area (Å²) in [4.78, 5) is 85.1. The fraction of sp³-hybridized carbons (Fsp3) is 0.581. The van der Waals surface area contributed by atoms with Crippen LogP contribution in [0.3, 0.4) is 0 Å². The summed E-state index contributed by atoms with van der Waals surface area (Å²) in [6.45, 7) is 16.5. The van der Waals surface area contributed by atoms with Gasteiger partial charge in [0.2, 0.25) is 23.6 Å². The van der Waals surface area contributed by atoms with Crippen LogP contribution in [0.5, 0.6) is 0 Å². The molecular weight excluding hydrogens is 714 g/mol. The number of nitrogens with zero attached hydrogens (tertiary/aromatic N) is 2. The lowest BCUT2D eigenvalue weighted by molar-refractivity contribution is -0.147. The number of esters is 1. The molecule has 0 aliphatic heterocycles. The second-order valence-electron chi connectivity index (χ2n) is 16.6. The van der Waals surface area contributed by atoms with Crippen LogP contribution in [-0.2, 0) is 46.3 Å². The van der Waals surface area contributed by atoms with E-state index in [0.29, 0.717) is 6.42 Å². The molecule has 0 saturated carbocycles. The molecule has 0 fully saturated rings. The molecule has 0 spiro atoms. The summed E-state index contributed by atoms with van der Waals surface area (Å²) >= 11 is 0. The van der Waals surface area contributed by atoms with E-state index in [4.69, 9.17) is 9.47 Å². The predicted molar refractivity (Wildman–Crippen MR) is 216 cm³/mol. The highest BCUT2D eigenvalue weighted by atomic mass is 16.6. The molecule has 0 bridgehead atoms. The van der Waals surface area contributed by atoms with Crippen molar-refractivity contribution in [3.63, 3.8) is 0 Å². The molecule has 0 saturated heterocycles. The van der Waals surface area contributed by atoms with Gasteiger partial charge in [0.25, 0.3) is 0 Å². The zero-order valence-electron chi connectivity index (χ0n) is 35.4. The van der Waals surface area contributed by atoms with Crippen molar-refractivity contribution in [3.8, 4) is 0 Å². The molecular formula is C43H65N5O8. The first-order valence-electron chi connectivity index (χ1n) is 19.4. The van der Waals surface area contributed by atoms with Crippen LogP contribution in [0.4, 0.5) is 4.79 Å². The van der Waals surface area contributed by atoms with E-state index in [0.717, 1.165) is 11.1 Å². The van der Waals surface area contributed by atoms with E-state index < -0.39 is 77.4 Å². The Morgan fingerprint density at radius 2 is 1.11 bits per heavy atom. The Morgan fingerprint density at radius 3 is 1.57 bits per heavy atom. The van der Waals surface area contributed by atoms with Gasteiger partial charge in [0.1, 0.15) is 35.8 Å². The van der Waals surface area contributed by atoms with E-state index in [9.17, 15) is 28.8 Å². The lowest BCUT2D eigenvalue weighted by Gasteiger charge is -2.36. The van der Waals surface area contributed by atoms with E-state index in [-0.39, 0.29) is 31.1 Å². The molecule has 2 rings (SSSR count). The summed E-state index contributed by atoms with van der Waals surface area (Å²) < 4.78 is 10.5. The van der Waals surface area contributed by atoms with Gasteiger partial charge in [-0.25, -0.2) is 9.59 Å². The van der Waals surface area contributed by atoms with Crippen molar-refractivity contribution in [3.05, 3.63) is 71.8 Å². The maximum atomic E-state index is 14.4. The molecule has 0 heterocycles. The Kier molecular flexibility index (Phi) is 18.5. The predicted octanol–water partition coefficient (Wildman–Crippen LogP) is 4.91. The van der Waals surface area contributed by atoms with Crippen LogP contribution in [-0.4, -0.2) is 103 Å². The van der Waals surface area contributed by atoms with Gasteiger partial charge in [-0.05, 0) is 62.5 Å². The maximum Gasteiger partial charge on any atom is 0.408 e. The van der Waals surface area contributed by atoms with Crippen LogP contribution in [0.1, 0.15) is 86.3 Å². The van der Waals surface area contributed by atoms with Gasteiger partial charge in [-0.3, -0.25) is 19.2 Å². The topological polar surface area (TPSA) is 163 Å². The summed E-state index contributed by atoms with van der Waals surface area (Å²) in [5.74, 6) is -3.14. The first-order valence-corrected chi connectivity index (χ1v) is 19.4. The minimum absolute atomic E-state index is 0.0168. The molecule has 0 aliphatic rings. The number of likely N-dealkylation sites (N-methyl/N-ethyl adjacent to an activating group) is 2. The van der Waals surface area contributed by atoms with Gasteiger partial charge < -0.3 is 35.2 Å². The van der Waals surface area contributed by atoms with Gasteiger partial charge in [-0.15, -0.1) is 0 Å². The van der Waals surface area contributed by atoms with Crippen molar-refractivity contribution in [1.29, 1.82) is 0 Å².